The first kappa shape index (κ1) is 11.3. The fourth-order valence-corrected chi connectivity index (χ4v) is 1.77. The second-order valence-electron chi connectivity index (χ2n) is 3.58. The van der Waals surface area contributed by atoms with Gasteiger partial charge in [0.15, 0.2) is 0 Å². The van der Waals surface area contributed by atoms with Crippen molar-refractivity contribution in [2.75, 3.05) is 11.9 Å². The first-order chi connectivity index (χ1) is 7.79. The molecule has 0 radical (unpaired) electrons. The Hall–Kier alpha value is -1.22. The van der Waals surface area contributed by atoms with Crippen LogP contribution in [0.4, 0.5) is 0 Å². The minimum atomic E-state index is 0.292. The Morgan fingerprint density at radius 1 is 1.06 bits per heavy atom. The number of aromatic hydroxyl groups is 1. The van der Waals surface area contributed by atoms with E-state index in [2.05, 4.69) is 15.9 Å². The minimum Gasteiger partial charge on any atom is -0.508 e. The lowest BCUT2D eigenvalue weighted by Gasteiger charge is -2.06. The number of phenolic OH excluding ortho intramolecular Hbond substituents is 1. The summed E-state index contributed by atoms with van der Waals surface area (Å²) in [6, 6.07) is 11.2. The molecule has 2 aromatic rings. The molecule has 0 saturated carbocycles. The Bertz CT molecular complexity index is 482. The largest absolute Gasteiger partial charge is 0.508 e. The van der Waals surface area contributed by atoms with E-state index in [1.54, 1.807) is 12.1 Å². The zero-order chi connectivity index (χ0) is 11.4. The molecule has 0 saturated heterocycles. The average molecular weight is 281 g/mol. The number of hydrogen-bond donors (Lipinski definition) is 1. The number of fused-ring (bicyclic) bond motifs is 1. The topological polar surface area (TPSA) is 29.5 Å². The van der Waals surface area contributed by atoms with E-state index in [0.717, 1.165) is 34.9 Å². The van der Waals surface area contributed by atoms with Crippen LogP contribution in [0.5, 0.6) is 11.5 Å². The number of benzene rings is 2. The van der Waals surface area contributed by atoms with Crippen LogP contribution in [0.1, 0.15) is 6.42 Å². The summed E-state index contributed by atoms with van der Waals surface area (Å²) >= 11 is 3.36. The summed E-state index contributed by atoms with van der Waals surface area (Å²) in [4.78, 5) is 0. The standard InChI is InChI=1S/C13H13BrO2/c14-6-1-7-16-13-5-3-10-8-12(15)4-2-11(10)9-13/h2-5,8-9,15H,1,6-7H2. The van der Waals surface area contributed by atoms with E-state index < -0.39 is 0 Å². The molecule has 2 nitrogen and oxygen atoms in total. The maximum absolute atomic E-state index is 9.34. The summed E-state index contributed by atoms with van der Waals surface area (Å²) in [6.45, 7) is 0.717. The molecule has 0 heterocycles. The third-order valence-electron chi connectivity index (χ3n) is 2.34. The Morgan fingerprint density at radius 3 is 2.62 bits per heavy atom. The van der Waals surface area contributed by atoms with Gasteiger partial charge in [-0.05, 0) is 41.5 Å². The summed E-state index contributed by atoms with van der Waals surface area (Å²) in [7, 11) is 0. The van der Waals surface area contributed by atoms with Gasteiger partial charge in [0, 0.05) is 5.33 Å². The molecule has 0 spiro atoms. The first-order valence-corrected chi connectivity index (χ1v) is 6.33. The van der Waals surface area contributed by atoms with Gasteiger partial charge in [0.1, 0.15) is 11.5 Å². The van der Waals surface area contributed by atoms with Crippen molar-refractivity contribution in [1.29, 1.82) is 0 Å². The smallest absolute Gasteiger partial charge is 0.119 e. The molecule has 0 amide bonds. The van der Waals surface area contributed by atoms with Gasteiger partial charge in [0.25, 0.3) is 0 Å². The monoisotopic (exact) mass is 280 g/mol. The highest BCUT2D eigenvalue weighted by Gasteiger charge is 1.98. The van der Waals surface area contributed by atoms with E-state index in [4.69, 9.17) is 4.74 Å². The maximum Gasteiger partial charge on any atom is 0.119 e. The molecule has 84 valence electrons. The highest BCUT2D eigenvalue weighted by Crippen LogP contribution is 2.24. The molecular formula is C13H13BrO2. The molecule has 16 heavy (non-hydrogen) atoms. The van der Waals surface area contributed by atoms with Gasteiger partial charge in [0.2, 0.25) is 0 Å². The fraction of sp³-hybridized carbons (Fsp3) is 0.231. The third kappa shape index (κ3) is 2.67. The molecule has 0 fully saturated rings. The van der Waals surface area contributed by atoms with Crippen molar-refractivity contribution >= 4 is 26.7 Å². The van der Waals surface area contributed by atoms with E-state index >= 15 is 0 Å². The fourth-order valence-electron chi connectivity index (χ4n) is 1.55. The van der Waals surface area contributed by atoms with E-state index in [-0.39, 0.29) is 0 Å². The molecule has 0 bridgehead atoms. The van der Waals surface area contributed by atoms with E-state index in [1.807, 2.05) is 24.3 Å². The van der Waals surface area contributed by atoms with E-state index in [9.17, 15) is 5.11 Å². The molecule has 2 rings (SSSR count). The lowest BCUT2D eigenvalue weighted by molar-refractivity contribution is 0.319. The second kappa shape index (κ2) is 5.21. The van der Waals surface area contributed by atoms with Crippen molar-refractivity contribution in [3.05, 3.63) is 36.4 Å². The molecule has 3 heteroatoms. The van der Waals surface area contributed by atoms with E-state index in [1.165, 1.54) is 0 Å². The summed E-state index contributed by atoms with van der Waals surface area (Å²) in [5, 5.41) is 12.4. The van der Waals surface area contributed by atoms with Crippen LogP contribution in [-0.2, 0) is 0 Å². The van der Waals surface area contributed by atoms with Gasteiger partial charge >= 0.3 is 0 Å². The van der Waals surface area contributed by atoms with Gasteiger partial charge in [-0.1, -0.05) is 28.1 Å². The predicted octanol–water partition coefficient (Wildman–Crippen LogP) is 3.71. The number of ether oxygens (including phenoxy) is 1. The van der Waals surface area contributed by atoms with Gasteiger partial charge in [-0.2, -0.15) is 0 Å². The highest BCUT2D eigenvalue weighted by atomic mass is 79.9. The summed E-state index contributed by atoms with van der Waals surface area (Å²) < 4.78 is 5.59. The molecule has 1 N–H and O–H groups in total. The Kier molecular flexibility index (Phi) is 3.67. The number of halogens is 1. The lowest BCUT2D eigenvalue weighted by atomic mass is 10.1. The molecule has 0 aliphatic rings. The molecule has 2 aromatic carbocycles. The van der Waals surface area contributed by atoms with Crippen LogP contribution in [0.25, 0.3) is 10.8 Å². The van der Waals surface area contributed by atoms with Crippen LogP contribution in [0, 0.1) is 0 Å². The van der Waals surface area contributed by atoms with Crippen LogP contribution in [0.3, 0.4) is 0 Å². The van der Waals surface area contributed by atoms with Gasteiger partial charge in [-0.25, -0.2) is 0 Å². The van der Waals surface area contributed by atoms with Crippen molar-refractivity contribution in [1.82, 2.24) is 0 Å². The molecular weight excluding hydrogens is 268 g/mol. The van der Waals surface area contributed by atoms with Crippen molar-refractivity contribution in [2.24, 2.45) is 0 Å². The number of alkyl halides is 1. The van der Waals surface area contributed by atoms with E-state index in [0.29, 0.717) is 5.75 Å². The van der Waals surface area contributed by atoms with Crippen LogP contribution < -0.4 is 4.74 Å². The molecule has 0 aromatic heterocycles. The van der Waals surface area contributed by atoms with Gasteiger partial charge in [-0.3, -0.25) is 0 Å². The van der Waals surface area contributed by atoms with Crippen molar-refractivity contribution in [2.45, 2.75) is 6.42 Å². The zero-order valence-corrected chi connectivity index (χ0v) is 10.4. The number of rotatable bonds is 4. The maximum atomic E-state index is 9.34. The number of hydrogen-bond acceptors (Lipinski definition) is 2. The Labute approximate surface area is 103 Å². The second-order valence-corrected chi connectivity index (χ2v) is 4.38. The van der Waals surface area contributed by atoms with Crippen LogP contribution >= 0.6 is 15.9 Å². The van der Waals surface area contributed by atoms with Gasteiger partial charge < -0.3 is 9.84 Å². The summed E-state index contributed by atoms with van der Waals surface area (Å²) in [5.74, 6) is 1.17. The Morgan fingerprint density at radius 2 is 1.81 bits per heavy atom. The Balaban J connectivity index is 2.20. The number of phenols is 1. The van der Waals surface area contributed by atoms with Gasteiger partial charge in [0.05, 0.1) is 6.61 Å². The van der Waals surface area contributed by atoms with Crippen molar-refractivity contribution < 1.29 is 9.84 Å². The SMILES string of the molecule is Oc1ccc2cc(OCCCBr)ccc2c1. The normalized spacial score (nSPS) is 10.6. The van der Waals surface area contributed by atoms with Crippen LogP contribution in [0.2, 0.25) is 0 Å². The predicted molar refractivity (Wildman–Crippen MR) is 69.5 cm³/mol. The van der Waals surface area contributed by atoms with Crippen LogP contribution in [-0.4, -0.2) is 17.0 Å². The lowest BCUT2D eigenvalue weighted by Crippen LogP contribution is -1.97. The minimum absolute atomic E-state index is 0.292. The van der Waals surface area contributed by atoms with Crippen molar-refractivity contribution in [3.8, 4) is 11.5 Å². The molecule has 0 unspecified atom stereocenters. The quantitative estimate of drug-likeness (QED) is 0.683. The zero-order valence-electron chi connectivity index (χ0n) is 8.82. The summed E-state index contributed by atoms with van der Waals surface area (Å²) in [6.07, 6.45) is 0.994. The molecule has 0 aliphatic carbocycles. The van der Waals surface area contributed by atoms with Crippen LogP contribution in [0.15, 0.2) is 36.4 Å². The van der Waals surface area contributed by atoms with Crippen molar-refractivity contribution in [3.63, 3.8) is 0 Å². The highest BCUT2D eigenvalue weighted by molar-refractivity contribution is 9.09. The molecule has 0 atom stereocenters. The van der Waals surface area contributed by atoms with Gasteiger partial charge in [-0.15, -0.1) is 0 Å². The average Bonchev–Trinajstić information content (AvgIpc) is 2.29. The molecule has 0 aliphatic heterocycles. The summed E-state index contributed by atoms with van der Waals surface area (Å²) in [5.41, 5.74) is 0. The first-order valence-electron chi connectivity index (χ1n) is 5.21. The third-order valence-corrected chi connectivity index (χ3v) is 2.90.